The fourth-order valence-corrected chi connectivity index (χ4v) is 3.44. The summed E-state index contributed by atoms with van der Waals surface area (Å²) in [5.41, 5.74) is 2.64. The maximum absolute atomic E-state index is 12.0. The minimum Gasteiger partial charge on any atom is -0.463 e. The highest BCUT2D eigenvalue weighted by molar-refractivity contribution is 5.75. The molecule has 1 fully saturated rings. The summed E-state index contributed by atoms with van der Waals surface area (Å²) in [4.78, 5) is 58.5. The molecule has 1 heterocycles. The van der Waals surface area contributed by atoms with Gasteiger partial charge in [-0.05, 0) is 12.1 Å². The standard InChI is InChI=1S/C21H27N3O11/c1-10(25)24-21(30)18(33-13(4)28)17(32-12(3)27)16(9-31-11(2)26)34-19(21)23-14-7-5-6-8-15(14)35-20(22)29/h5-8,16-19,23,30H,9H2,1-4H3,(H2,22,29)(H,24,25)/t16-,17-,18+,19?,21-/m1/s1. The minimum absolute atomic E-state index is 0.0588. The van der Waals surface area contributed by atoms with Crippen molar-refractivity contribution in [2.45, 2.75) is 58.0 Å². The predicted molar refractivity (Wildman–Crippen MR) is 115 cm³/mol. The highest BCUT2D eigenvalue weighted by Gasteiger charge is 2.60. The van der Waals surface area contributed by atoms with Gasteiger partial charge in [0, 0.05) is 27.7 Å². The fraction of sp³-hybridized carbons (Fsp3) is 0.476. The van der Waals surface area contributed by atoms with Gasteiger partial charge in [0.25, 0.3) is 0 Å². The first-order valence-corrected chi connectivity index (χ1v) is 10.3. The maximum atomic E-state index is 12.0. The van der Waals surface area contributed by atoms with E-state index >= 15 is 0 Å². The third-order valence-electron chi connectivity index (χ3n) is 4.62. The van der Waals surface area contributed by atoms with Gasteiger partial charge in [-0.1, -0.05) is 12.1 Å². The van der Waals surface area contributed by atoms with Gasteiger partial charge >= 0.3 is 24.0 Å². The van der Waals surface area contributed by atoms with Crippen LogP contribution in [0, 0.1) is 0 Å². The van der Waals surface area contributed by atoms with E-state index in [2.05, 4.69) is 10.6 Å². The molecular formula is C21H27N3O11. The Balaban J connectivity index is 2.59. The van der Waals surface area contributed by atoms with Crippen molar-refractivity contribution >= 4 is 35.6 Å². The molecule has 1 unspecified atom stereocenters. The van der Waals surface area contributed by atoms with Crippen molar-refractivity contribution in [3.63, 3.8) is 0 Å². The van der Waals surface area contributed by atoms with Crippen molar-refractivity contribution in [1.82, 2.24) is 5.32 Å². The number of amides is 2. The van der Waals surface area contributed by atoms with E-state index in [0.717, 1.165) is 27.7 Å². The lowest BCUT2D eigenvalue weighted by atomic mass is 9.91. The number of primary amides is 1. The average Bonchev–Trinajstić information content (AvgIpc) is 2.71. The largest absolute Gasteiger partial charge is 0.463 e. The molecule has 1 aromatic carbocycles. The van der Waals surface area contributed by atoms with E-state index < -0.39 is 66.8 Å². The Kier molecular flexibility index (Phi) is 8.97. The van der Waals surface area contributed by atoms with Crippen molar-refractivity contribution in [2.24, 2.45) is 5.73 Å². The van der Waals surface area contributed by atoms with Crippen LogP contribution in [0.5, 0.6) is 5.75 Å². The van der Waals surface area contributed by atoms with Crippen LogP contribution in [0.3, 0.4) is 0 Å². The monoisotopic (exact) mass is 497 g/mol. The smallest absolute Gasteiger partial charge is 0.410 e. The zero-order valence-corrected chi connectivity index (χ0v) is 19.4. The number of para-hydroxylation sites is 2. The van der Waals surface area contributed by atoms with Gasteiger partial charge in [0.1, 0.15) is 12.7 Å². The van der Waals surface area contributed by atoms with Crippen molar-refractivity contribution < 1.29 is 52.8 Å². The molecule has 14 heteroatoms. The number of esters is 3. The quantitative estimate of drug-likeness (QED) is 0.205. The summed E-state index contributed by atoms with van der Waals surface area (Å²) in [7, 11) is 0. The molecule has 5 N–H and O–H groups in total. The maximum Gasteiger partial charge on any atom is 0.410 e. The highest BCUT2D eigenvalue weighted by Crippen LogP contribution is 2.35. The lowest BCUT2D eigenvalue weighted by Gasteiger charge is -2.50. The van der Waals surface area contributed by atoms with Gasteiger partial charge in [0.15, 0.2) is 24.2 Å². The van der Waals surface area contributed by atoms with Crippen LogP contribution in [-0.2, 0) is 38.1 Å². The molecule has 0 saturated carbocycles. The molecule has 1 saturated heterocycles. The highest BCUT2D eigenvalue weighted by atomic mass is 16.6. The zero-order valence-electron chi connectivity index (χ0n) is 19.4. The third kappa shape index (κ3) is 7.28. The van der Waals surface area contributed by atoms with Gasteiger partial charge in [0.2, 0.25) is 11.6 Å². The molecule has 1 aliphatic heterocycles. The van der Waals surface area contributed by atoms with Crippen molar-refractivity contribution in [3.05, 3.63) is 24.3 Å². The number of rotatable bonds is 8. The van der Waals surface area contributed by atoms with E-state index in [-0.39, 0.29) is 11.4 Å². The minimum atomic E-state index is -2.54. The third-order valence-corrected chi connectivity index (χ3v) is 4.62. The summed E-state index contributed by atoms with van der Waals surface area (Å²) < 4.78 is 26.3. The number of anilines is 1. The molecule has 192 valence electrons. The summed E-state index contributed by atoms with van der Waals surface area (Å²) in [6, 6.07) is 5.91. The van der Waals surface area contributed by atoms with Gasteiger partial charge in [-0.25, -0.2) is 4.79 Å². The number of carbonyl (C=O) groups excluding carboxylic acids is 5. The molecule has 35 heavy (non-hydrogen) atoms. The van der Waals surface area contributed by atoms with Crippen LogP contribution in [0.1, 0.15) is 27.7 Å². The molecule has 0 radical (unpaired) electrons. The molecule has 2 rings (SSSR count). The van der Waals surface area contributed by atoms with Gasteiger partial charge in [-0.15, -0.1) is 0 Å². The first kappa shape index (κ1) is 27.3. The van der Waals surface area contributed by atoms with Crippen LogP contribution in [0.15, 0.2) is 24.3 Å². The second-order valence-electron chi connectivity index (χ2n) is 7.53. The number of nitrogens with one attached hydrogen (secondary N) is 2. The number of carbonyl (C=O) groups is 5. The van der Waals surface area contributed by atoms with E-state index in [4.69, 9.17) is 29.4 Å². The Bertz CT molecular complexity index is 985. The molecule has 1 aromatic rings. The number of benzene rings is 1. The average molecular weight is 497 g/mol. The topological polar surface area (TPSA) is 202 Å². The first-order valence-electron chi connectivity index (χ1n) is 10.3. The second-order valence-corrected chi connectivity index (χ2v) is 7.53. The van der Waals surface area contributed by atoms with Crippen LogP contribution in [-0.4, -0.2) is 71.9 Å². The van der Waals surface area contributed by atoms with E-state index in [1.165, 1.54) is 18.2 Å². The summed E-state index contributed by atoms with van der Waals surface area (Å²) in [5.74, 6) is -3.23. The zero-order chi connectivity index (χ0) is 26.3. The van der Waals surface area contributed by atoms with E-state index in [1.807, 2.05) is 0 Å². The Morgan fingerprint density at radius 3 is 2.20 bits per heavy atom. The van der Waals surface area contributed by atoms with Crippen molar-refractivity contribution in [1.29, 1.82) is 0 Å². The van der Waals surface area contributed by atoms with Crippen LogP contribution in [0.4, 0.5) is 10.5 Å². The summed E-state index contributed by atoms with van der Waals surface area (Å²) >= 11 is 0. The molecule has 2 amide bonds. The Morgan fingerprint density at radius 1 is 1.03 bits per heavy atom. The molecule has 0 aliphatic carbocycles. The number of hydrogen-bond donors (Lipinski definition) is 4. The molecule has 0 aromatic heterocycles. The van der Waals surface area contributed by atoms with Crippen LogP contribution < -0.4 is 21.1 Å². The van der Waals surface area contributed by atoms with Gasteiger partial charge in [-0.3, -0.25) is 19.2 Å². The van der Waals surface area contributed by atoms with Gasteiger partial charge < -0.3 is 45.2 Å². The van der Waals surface area contributed by atoms with Crippen molar-refractivity contribution in [2.75, 3.05) is 11.9 Å². The van der Waals surface area contributed by atoms with E-state index in [0.29, 0.717) is 0 Å². The summed E-state index contributed by atoms with van der Waals surface area (Å²) in [6.45, 7) is 3.84. The first-order chi connectivity index (χ1) is 16.3. The molecule has 14 nitrogen and oxygen atoms in total. The van der Waals surface area contributed by atoms with Crippen LogP contribution in [0.2, 0.25) is 0 Å². The Labute approximate surface area is 200 Å². The van der Waals surface area contributed by atoms with E-state index in [9.17, 15) is 29.1 Å². The molecule has 0 spiro atoms. The van der Waals surface area contributed by atoms with E-state index in [1.54, 1.807) is 6.07 Å². The number of aliphatic hydroxyl groups is 1. The lowest BCUT2D eigenvalue weighted by molar-refractivity contribution is -0.284. The summed E-state index contributed by atoms with van der Waals surface area (Å²) in [5, 5.41) is 16.6. The Hall–Kier alpha value is -3.91. The van der Waals surface area contributed by atoms with Gasteiger partial charge in [-0.2, -0.15) is 0 Å². The molecule has 0 bridgehead atoms. The number of ether oxygens (including phenoxy) is 5. The number of nitrogens with two attached hydrogens (primary N) is 1. The number of hydrogen-bond acceptors (Lipinski definition) is 12. The SMILES string of the molecule is CC(=O)N[C@]1(O)C(Nc2ccccc2OC(N)=O)O[C@H](COC(C)=O)[C@@H](OC(C)=O)[C@@H]1OC(C)=O. The summed E-state index contributed by atoms with van der Waals surface area (Å²) in [6.07, 6.45) is -7.27. The second kappa shape index (κ2) is 11.5. The molecular weight excluding hydrogens is 470 g/mol. The fourth-order valence-electron chi connectivity index (χ4n) is 3.44. The Morgan fingerprint density at radius 2 is 1.66 bits per heavy atom. The van der Waals surface area contributed by atoms with Crippen molar-refractivity contribution in [3.8, 4) is 5.75 Å². The normalized spacial score (nSPS) is 25.5. The predicted octanol–water partition coefficient (Wildman–Crippen LogP) is -0.468. The molecule has 5 atom stereocenters. The van der Waals surface area contributed by atoms with Gasteiger partial charge in [0.05, 0.1) is 5.69 Å². The molecule has 1 aliphatic rings. The van der Waals surface area contributed by atoms with Crippen LogP contribution >= 0.6 is 0 Å². The van der Waals surface area contributed by atoms with Crippen LogP contribution in [0.25, 0.3) is 0 Å². The lowest BCUT2D eigenvalue weighted by Crippen LogP contribution is -2.76.